The van der Waals surface area contributed by atoms with Gasteiger partial charge < -0.3 is 10.1 Å². The fraction of sp³-hybridized carbons (Fsp3) is 0.231. The first kappa shape index (κ1) is 12.2. The molecule has 1 aliphatic rings. The lowest BCUT2D eigenvalue weighted by atomic mass is 10.0. The van der Waals surface area contributed by atoms with Crippen LogP contribution in [0.2, 0.25) is 5.15 Å². The minimum Gasteiger partial charge on any atom is -0.490 e. The van der Waals surface area contributed by atoms with Crippen LogP contribution in [0, 0.1) is 5.82 Å². The van der Waals surface area contributed by atoms with Crippen LogP contribution >= 0.6 is 11.6 Å². The topological polar surface area (TPSA) is 47.0 Å². The minimum atomic E-state index is -0.346. The van der Waals surface area contributed by atoms with E-state index >= 15 is 0 Å². The number of hydrogen-bond donors (Lipinski definition) is 1. The van der Waals surface area contributed by atoms with E-state index < -0.39 is 0 Å². The fourth-order valence-corrected chi connectivity index (χ4v) is 2.27. The van der Waals surface area contributed by atoms with Crippen LogP contribution in [-0.4, -0.2) is 16.6 Å². The van der Waals surface area contributed by atoms with E-state index in [0.29, 0.717) is 23.3 Å². The summed E-state index contributed by atoms with van der Waals surface area (Å²) in [5, 5.41) is 3.52. The maximum Gasteiger partial charge on any atom is 0.165 e. The Hall–Kier alpha value is -1.88. The lowest BCUT2D eigenvalue weighted by Crippen LogP contribution is -2.21. The van der Waals surface area contributed by atoms with Gasteiger partial charge in [-0.3, -0.25) is 4.98 Å². The summed E-state index contributed by atoms with van der Waals surface area (Å²) in [4.78, 5) is 8.08. The molecule has 3 rings (SSSR count). The van der Waals surface area contributed by atoms with Crippen molar-refractivity contribution in [2.45, 2.75) is 12.5 Å². The molecule has 98 valence electrons. The Kier molecular flexibility index (Phi) is 3.21. The summed E-state index contributed by atoms with van der Waals surface area (Å²) in [6, 6.07) is 4.83. The predicted octanol–water partition coefficient (Wildman–Crippen LogP) is 3.20. The standard InChI is InChI=1S/C13H11ClFN3O/c14-11-6-16-7-12(18-11)17-10-4-5-19-13-8(10)2-1-3-9(13)15/h1-3,6-7,10H,4-5H2,(H,17,18)/t10-/m0/s1. The second-order valence-electron chi connectivity index (χ2n) is 4.22. The van der Waals surface area contributed by atoms with E-state index in [1.54, 1.807) is 12.3 Å². The van der Waals surface area contributed by atoms with E-state index in [1.165, 1.54) is 12.3 Å². The van der Waals surface area contributed by atoms with E-state index in [4.69, 9.17) is 16.3 Å². The zero-order valence-corrected chi connectivity index (χ0v) is 10.7. The molecular weight excluding hydrogens is 269 g/mol. The molecule has 1 atom stereocenters. The summed E-state index contributed by atoms with van der Waals surface area (Å²) >= 11 is 5.79. The van der Waals surface area contributed by atoms with Crippen LogP contribution in [0.3, 0.4) is 0 Å². The SMILES string of the molecule is Fc1cccc2c1OCC[C@@H]2Nc1cncc(Cl)n1. The Bertz CT molecular complexity index is 608. The molecule has 0 aliphatic carbocycles. The average molecular weight is 280 g/mol. The first-order valence-corrected chi connectivity index (χ1v) is 6.27. The molecule has 1 aromatic carbocycles. The van der Waals surface area contributed by atoms with E-state index in [0.717, 1.165) is 12.0 Å². The third-order valence-electron chi connectivity index (χ3n) is 2.95. The third-order valence-corrected chi connectivity index (χ3v) is 3.14. The molecule has 0 unspecified atom stereocenters. The molecule has 0 saturated carbocycles. The Balaban J connectivity index is 1.90. The summed E-state index contributed by atoms with van der Waals surface area (Å²) in [6.07, 6.45) is 3.77. The molecule has 0 amide bonds. The quantitative estimate of drug-likeness (QED) is 0.917. The average Bonchev–Trinajstić information content (AvgIpc) is 2.40. The minimum absolute atomic E-state index is 0.0628. The van der Waals surface area contributed by atoms with Crippen LogP contribution < -0.4 is 10.1 Å². The van der Waals surface area contributed by atoms with E-state index in [9.17, 15) is 4.39 Å². The van der Waals surface area contributed by atoms with Crippen molar-refractivity contribution in [1.29, 1.82) is 0 Å². The summed E-state index contributed by atoms with van der Waals surface area (Å²) in [7, 11) is 0. The van der Waals surface area contributed by atoms with Gasteiger partial charge in [0, 0.05) is 12.0 Å². The number of halogens is 2. The first-order valence-electron chi connectivity index (χ1n) is 5.89. The van der Waals surface area contributed by atoms with Gasteiger partial charge in [-0.1, -0.05) is 23.7 Å². The van der Waals surface area contributed by atoms with Crippen LogP contribution in [0.15, 0.2) is 30.6 Å². The maximum absolute atomic E-state index is 13.6. The number of benzene rings is 1. The van der Waals surface area contributed by atoms with Crippen molar-refractivity contribution in [1.82, 2.24) is 9.97 Å². The molecule has 0 radical (unpaired) electrons. The van der Waals surface area contributed by atoms with Gasteiger partial charge in [-0.25, -0.2) is 9.37 Å². The largest absolute Gasteiger partial charge is 0.490 e. The van der Waals surface area contributed by atoms with Gasteiger partial charge in [0.2, 0.25) is 0 Å². The predicted molar refractivity (Wildman–Crippen MR) is 69.9 cm³/mol. The number of para-hydroxylation sites is 1. The lowest BCUT2D eigenvalue weighted by molar-refractivity contribution is 0.260. The van der Waals surface area contributed by atoms with Gasteiger partial charge in [0.05, 0.1) is 25.0 Å². The highest BCUT2D eigenvalue weighted by molar-refractivity contribution is 6.29. The number of rotatable bonds is 2. The Morgan fingerprint density at radius 1 is 1.37 bits per heavy atom. The fourth-order valence-electron chi connectivity index (χ4n) is 2.13. The van der Waals surface area contributed by atoms with Crippen molar-refractivity contribution in [3.63, 3.8) is 0 Å². The molecule has 19 heavy (non-hydrogen) atoms. The molecule has 1 aliphatic heterocycles. The molecule has 0 saturated heterocycles. The smallest absolute Gasteiger partial charge is 0.165 e. The molecule has 0 bridgehead atoms. The molecule has 0 spiro atoms. The van der Waals surface area contributed by atoms with Crippen LogP contribution in [0.25, 0.3) is 0 Å². The van der Waals surface area contributed by atoms with Crippen molar-refractivity contribution in [2.24, 2.45) is 0 Å². The van der Waals surface area contributed by atoms with Crippen LogP contribution in [0.1, 0.15) is 18.0 Å². The van der Waals surface area contributed by atoms with Crippen LogP contribution in [-0.2, 0) is 0 Å². The number of hydrogen-bond acceptors (Lipinski definition) is 4. The van der Waals surface area contributed by atoms with Gasteiger partial charge >= 0.3 is 0 Å². The van der Waals surface area contributed by atoms with Gasteiger partial charge in [-0.2, -0.15) is 0 Å². The number of nitrogens with zero attached hydrogens (tertiary/aromatic N) is 2. The number of aromatic nitrogens is 2. The molecule has 6 heteroatoms. The second kappa shape index (κ2) is 5.01. The monoisotopic (exact) mass is 279 g/mol. The first-order chi connectivity index (χ1) is 9.24. The van der Waals surface area contributed by atoms with Gasteiger partial charge in [-0.05, 0) is 6.07 Å². The van der Waals surface area contributed by atoms with Crippen LogP contribution in [0.5, 0.6) is 5.75 Å². The van der Waals surface area contributed by atoms with Crippen molar-refractivity contribution in [3.8, 4) is 5.75 Å². The van der Waals surface area contributed by atoms with Gasteiger partial charge in [0.15, 0.2) is 11.6 Å². The molecular formula is C13H11ClFN3O. The summed E-state index contributed by atoms with van der Waals surface area (Å²) in [5.74, 6) is 0.525. The molecule has 1 aromatic heterocycles. The van der Waals surface area contributed by atoms with Crippen LogP contribution in [0.4, 0.5) is 10.2 Å². The normalized spacial score (nSPS) is 17.5. The van der Waals surface area contributed by atoms with E-state index in [1.807, 2.05) is 6.07 Å². The summed E-state index contributed by atoms with van der Waals surface area (Å²) in [6.45, 7) is 0.458. The van der Waals surface area contributed by atoms with Crippen molar-refractivity contribution in [3.05, 3.63) is 47.1 Å². The molecule has 0 fully saturated rings. The highest BCUT2D eigenvalue weighted by Gasteiger charge is 2.24. The lowest BCUT2D eigenvalue weighted by Gasteiger charge is -2.27. The van der Waals surface area contributed by atoms with Crippen molar-refractivity contribution in [2.75, 3.05) is 11.9 Å². The Labute approximate surface area is 114 Å². The van der Waals surface area contributed by atoms with Crippen molar-refractivity contribution < 1.29 is 9.13 Å². The third kappa shape index (κ3) is 2.46. The second-order valence-corrected chi connectivity index (χ2v) is 4.61. The summed E-state index contributed by atoms with van der Waals surface area (Å²) in [5.41, 5.74) is 0.785. The maximum atomic E-state index is 13.6. The number of fused-ring (bicyclic) bond motifs is 1. The molecule has 4 nitrogen and oxygen atoms in total. The highest BCUT2D eigenvalue weighted by Crippen LogP contribution is 2.35. The van der Waals surface area contributed by atoms with Gasteiger partial charge in [0.25, 0.3) is 0 Å². The van der Waals surface area contributed by atoms with Gasteiger partial charge in [0.1, 0.15) is 11.0 Å². The van der Waals surface area contributed by atoms with E-state index in [2.05, 4.69) is 15.3 Å². The number of anilines is 1. The van der Waals surface area contributed by atoms with Gasteiger partial charge in [-0.15, -0.1) is 0 Å². The Morgan fingerprint density at radius 2 is 2.26 bits per heavy atom. The molecule has 2 heterocycles. The van der Waals surface area contributed by atoms with Crippen molar-refractivity contribution >= 4 is 17.4 Å². The molecule has 2 aromatic rings. The molecule has 1 N–H and O–H groups in total. The Morgan fingerprint density at radius 3 is 3.11 bits per heavy atom. The summed E-state index contributed by atoms with van der Waals surface area (Å²) < 4.78 is 19.0. The zero-order chi connectivity index (χ0) is 13.2. The number of ether oxygens (including phenoxy) is 1. The highest BCUT2D eigenvalue weighted by atomic mass is 35.5. The number of nitrogens with one attached hydrogen (secondary N) is 1. The van der Waals surface area contributed by atoms with E-state index in [-0.39, 0.29) is 11.9 Å². The zero-order valence-electron chi connectivity index (χ0n) is 9.94.